The minimum atomic E-state index is -0.186. The molecule has 0 saturated heterocycles. The molecule has 0 saturated carbocycles. The number of aromatic nitrogens is 4. The van der Waals surface area contributed by atoms with Crippen LogP contribution >= 0.6 is 0 Å². The van der Waals surface area contributed by atoms with E-state index < -0.39 is 0 Å². The van der Waals surface area contributed by atoms with Crippen molar-refractivity contribution in [2.75, 3.05) is 0 Å². The average Bonchev–Trinajstić information content (AvgIpc) is 3.29. The van der Waals surface area contributed by atoms with Gasteiger partial charge in [-0.25, -0.2) is 4.68 Å². The monoisotopic (exact) mass is 380 g/mol. The third kappa shape index (κ3) is 4.17. The van der Waals surface area contributed by atoms with Crippen molar-refractivity contribution >= 4 is 5.91 Å². The molecular formula is C22H16N6O. The van der Waals surface area contributed by atoms with Crippen LogP contribution in [-0.2, 0) is 6.54 Å². The molecule has 0 unspecified atom stereocenters. The van der Waals surface area contributed by atoms with E-state index in [9.17, 15) is 4.79 Å². The first-order valence-electron chi connectivity index (χ1n) is 8.92. The number of carbonyl (C=O) groups is 1. The van der Waals surface area contributed by atoms with Gasteiger partial charge < -0.3 is 5.32 Å². The van der Waals surface area contributed by atoms with E-state index in [0.717, 1.165) is 22.5 Å². The Kier molecular flexibility index (Phi) is 5.08. The van der Waals surface area contributed by atoms with Crippen LogP contribution in [0.5, 0.6) is 0 Å². The number of hydrogen-bond acceptors (Lipinski definition) is 5. The highest BCUT2D eigenvalue weighted by Crippen LogP contribution is 2.18. The Morgan fingerprint density at radius 3 is 2.52 bits per heavy atom. The first kappa shape index (κ1) is 18.1. The second-order valence-electron chi connectivity index (χ2n) is 6.30. The van der Waals surface area contributed by atoms with E-state index in [-0.39, 0.29) is 5.91 Å². The van der Waals surface area contributed by atoms with E-state index in [0.29, 0.717) is 17.7 Å². The fourth-order valence-corrected chi connectivity index (χ4v) is 2.77. The van der Waals surface area contributed by atoms with Gasteiger partial charge in [0, 0.05) is 36.9 Å². The first-order valence-corrected chi connectivity index (χ1v) is 8.92. The predicted octanol–water partition coefficient (Wildman–Crippen LogP) is 3.13. The molecule has 0 radical (unpaired) electrons. The van der Waals surface area contributed by atoms with Crippen molar-refractivity contribution in [3.8, 4) is 23.0 Å². The van der Waals surface area contributed by atoms with Gasteiger partial charge in [-0.3, -0.25) is 14.8 Å². The van der Waals surface area contributed by atoms with Crippen molar-refractivity contribution in [2.24, 2.45) is 0 Å². The summed E-state index contributed by atoms with van der Waals surface area (Å²) in [7, 11) is 0. The highest BCUT2D eigenvalue weighted by Gasteiger charge is 2.09. The fourth-order valence-electron chi connectivity index (χ4n) is 2.77. The smallest absolute Gasteiger partial charge is 0.253 e. The van der Waals surface area contributed by atoms with Crippen LogP contribution in [-0.4, -0.2) is 25.7 Å². The molecule has 140 valence electrons. The molecule has 4 rings (SSSR count). The van der Waals surface area contributed by atoms with Gasteiger partial charge in [-0.05, 0) is 54.1 Å². The van der Waals surface area contributed by atoms with Crippen molar-refractivity contribution < 1.29 is 4.79 Å². The lowest BCUT2D eigenvalue weighted by Crippen LogP contribution is -2.22. The maximum Gasteiger partial charge on any atom is 0.253 e. The average molecular weight is 380 g/mol. The third-order valence-electron chi connectivity index (χ3n) is 4.37. The Morgan fingerprint density at radius 1 is 1.03 bits per heavy atom. The quantitative estimate of drug-likeness (QED) is 0.574. The Balaban J connectivity index is 1.44. The molecule has 0 aliphatic heterocycles. The molecular weight excluding hydrogens is 364 g/mol. The number of benzene rings is 1. The molecule has 1 N–H and O–H groups in total. The minimum Gasteiger partial charge on any atom is -0.348 e. The molecule has 0 aliphatic rings. The lowest BCUT2D eigenvalue weighted by Gasteiger charge is -2.05. The van der Waals surface area contributed by atoms with Crippen molar-refractivity contribution in [1.29, 1.82) is 5.26 Å². The number of nitriles is 1. The lowest BCUT2D eigenvalue weighted by molar-refractivity contribution is 0.0950. The van der Waals surface area contributed by atoms with Crippen LogP contribution in [0.25, 0.3) is 16.9 Å². The summed E-state index contributed by atoms with van der Waals surface area (Å²) in [6, 6.07) is 16.5. The zero-order valence-electron chi connectivity index (χ0n) is 15.4. The highest BCUT2D eigenvalue weighted by molar-refractivity contribution is 5.94. The normalized spacial score (nSPS) is 10.3. The fraction of sp³-hybridized carbons (Fsp3) is 0.0455. The van der Waals surface area contributed by atoms with E-state index in [2.05, 4.69) is 26.5 Å². The molecule has 0 aliphatic carbocycles. The summed E-state index contributed by atoms with van der Waals surface area (Å²) >= 11 is 0. The Bertz CT molecular complexity index is 1160. The summed E-state index contributed by atoms with van der Waals surface area (Å²) in [5, 5.41) is 16.1. The van der Waals surface area contributed by atoms with Crippen molar-refractivity contribution in [2.45, 2.75) is 6.54 Å². The molecule has 0 fully saturated rings. The Hall–Kier alpha value is -4.31. The van der Waals surface area contributed by atoms with Crippen molar-refractivity contribution in [3.05, 3.63) is 96.2 Å². The van der Waals surface area contributed by atoms with Crippen LogP contribution in [0, 0.1) is 11.3 Å². The number of nitrogens with zero attached hydrogens (tertiary/aromatic N) is 5. The van der Waals surface area contributed by atoms with Gasteiger partial charge in [0.1, 0.15) is 0 Å². The topological polar surface area (TPSA) is 96.5 Å². The van der Waals surface area contributed by atoms with Gasteiger partial charge in [0.2, 0.25) is 0 Å². The predicted molar refractivity (Wildman–Crippen MR) is 107 cm³/mol. The molecule has 3 heterocycles. The highest BCUT2D eigenvalue weighted by atomic mass is 16.1. The minimum absolute atomic E-state index is 0.186. The summed E-state index contributed by atoms with van der Waals surface area (Å²) < 4.78 is 1.72. The summed E-state index contributed by atoms with van der Waals surface area (Å²) in [5.41, 5.74) is 4.46. The van der Waals surface area contributed by atoms with Crippen LogP contribution in [0.3, 0.4) is 0 Å². The molecule has 7 nitrogen and oxygen atoms in total. The number of hydrogen-bond donors (Lipinski definition) is 1. The van der Waals surface area contributed by atoms with Crippen LogP contribution in [0.15, 0.2) is 79.5 Å². The number of carbonyl (C=O) groups excluding carboxylic acids is 1. The van der Waals surface area contributed by atoms with Gasteiger partial charge in [-0.1, -0.05) is 0 Å². The molecule has 0 bridgehead atoms. The molecule has 7 heteroatoms. The van der Waals surface area contributed by atoms with E-state index in [4.69, 9.17) is 5.26 Å². The molecule has 0 atom stereocenters. The van der Waals surface area contributed by atoms with Gasteiger partial charge in [0.15, 0.2) is 0 Å². The van der Waals surface area contributed by atoms with Crippen LogP contribution in [0.2, 0.25) is 0 Å². The van der Waals surface area contributed by atoms with Gasteiger partial charge >= 0.3 is 0 Å². The van der Waals surface area contributed by atoms with Gasteiger partial charge in [0.05, 0.1) is 34.8 Å². The van der Waals surface area contributed by atoms with Gasteiger partial charge in [0.25, 0.3) is 5.91 Å². The standard InChI is InChI=1S/C22H16N6O/c23-11-16-1-4-20(5-2-16)28-15-19(14-27-28)21-6-3-18(13-25-21)22(29)26-12-17-7-9-24-10-8-17/h1-10,13-15H,12H2,(H,26,29). The molecule has 29 heavy (non-hydrogen) atoms. The van der Waals surface area contributed by atoms with Crippen LogP contribution < -0.4 is 5.32 Å². The first-order chi connectivity index (χ1) is 14.2. The number of nitrogens with one attached hydrogen (secondary N) is 1. The zero-order valence-corrected chi connectivity index (χ0v) is 15.4. The Morgan fingerprint density at radius 2 is 1.83 bits per heavy atom. The second-order valence-corrected chi connectivity index (χ2v) is 6.30. The molecule has 1 amide bonds. The SMILES string of the molecule is N#Cc1ccc(-n2cc(-c3ccc(C(=O)NCc4ccncc4)cn3)cn2)cc1. The molecule has 4 aromatic rings. The summed E-state index contributed by atoms with van der Waals surface area (Å²) in [6.07, 6.45) is 8.50. The van der Waals surface area contributed by atoms with E-state index in [1.165, 1.54) is 0 Å². The van der Waals surface area contributed by atoms with Crippen molar-refractivity contribution in [3.63, 3.8) is 0 Å². The summed E-state index contributed by atoms with van der Waals surface area (Å²) in [6.45, 7) is 0.431. The number of pyridine rings is 2. The van der Waals surface area contributed by atoms with E-state index >= 15 is 0 Å². The second kappa shape index (κ2) is 8.15. The number of rotatable bonds is 5. The zero-order chi connectivity index (χ0) is 20.1. The van der Waals surface area contributed by atoms with Gasteiger partial charge in [-0.15, -0.1) is 0 Å². The summed E-state index contributed by atoms with van der Waals surface area (Å²) in [4.78, 5) is 20.6. The largest absolute Gasteiger partial charge is 0.348 e. The maximum absolute atomic E-state index is 12.3. The van der Waals surface area contributed by atoms with Gasteiger partial charge in [-0.2, -0.15) is 10.4 Å². The molecule has 0 spiro atoms. The number of amides is 1. The summed E-state index contributed by atoms with van der Waals surface area (Å²) in [5.74, 6) is -0.186. The maximum atomic E-state index is 12.3. The molecule has 3 aromatic heterocycles. The van der Waals surface area contributed by atoms with E-state index in [1.54, 1.807) is 53.7 Å². The third-order valence-corrected chi connectivity index (χ3v) is 4.37. The van der Waals surface area contributed by atoms with Crippen LogP contribution in [0.4, 0.5) is 0 Å². The Labute approximate surface area is 167 Å². The molecule has 1 aromatic carbocycles. The van der Waals surface area contributed by atoms with E-state index in [1.807, 2.05) is 30.5 Å². The lowest BCUT2D eigenvalue weighted by atomic mass is 10.2. The van der Waals surface area contributed by atoms with Crippen LogP contribution in [0.1, 0.15) is 21.5 Å². The van der Waals surface area contributed by atoms with Crippen molar-refractivity contribution in [1.82, 2.24) is 25.1 Å².